The van der Waals surface area contributed by atoms with Crippen molar-refractivity contribution < 1.29 is 4.74 Å². The van der Waals surface area contributed by atoms with E-state index in [9.17, 15) is 0 Å². The number of hydrogen-bond donors (Lipinski definition) is 1. The Labute approximate surface area is 103 Å². The molecule has 3 heteroatoms. The van der Waals surface area contributed by atoms with Gasteiger partial charge in [-0.25, -0.2) is 0 Å². The Balaban J connectivity index is 2.82. The molecule has 1 aromatic rings. The lowest BCUT2D eigenvalue weighted by Gasteiger charge is -2.19. The van der Waals surface area contributed by atoms with Gasteiger partial charge in [0.25, 0.3) is 0 Å². The maximum atomic E-state index is 6.24. The van der Waals surface area contributed by atoms with Crippen LogP contribution in [-0.4, -0.2) is 19.8 Å². The van der Waals surface area contributed by atoms with E-state index in [0.717, 1.165) is 23.7 Å². The van der Waals surface area contributed by atoms with Crippen LogP contribution in [0.3, 0.4) is 0 Å². The van der Waals surface area contributed by atoms with E-state index >= 15 is 0 Å². The highest BCUT2D eigenvalue weighted by Crippen LogP contribution is 2.24. The first-order valence-corrected chi connectivity index (χ1v) is 6.14. The van der Waals surface area contributed by atoms with E-state index in [1.807, 2.05) is 19.9 Å². The zero-order valence-corrected chi connectivity index (χ0v) is 11.0. The summed E-state index contributed by atoms with van der Waals surface area (Å²) < 4.78 is 5.47. The Kier molecular flexibility index (Phi) is 5.81. The Morgan fingerprint density at radius 1 is 1.38 bits per heavy atom. The van der Waals surface area contributed by atoms with Crippen molar-refractivity contribution in [2.45, 2.75) is 26.8 Å². The average Bonchev–Trinajstić information content (AvgIpc) is 2.25. The molecule has 0 heterocycles. The van der Waals surface area contributed by atoms with Crippen molar-refractivity contribution >= 4 is 11.6 Å². The Bertz CT molecular complexity index is 328. The van der Waals surface area contributed by atoms with E-state index in [1.54, 1.807) is 0 Å². The summed E-state index contributed by atoms with van der Waals surface area (Å²) >= 11 is 6.24. The van der Waals surface area contributed by atoms with Gasteiger partial charge in [0.15, 0.2) is 0 Å². The second-order valence-electron chi connectivity index (χ2n) is 3.79. The highest BCUT2D eigenvalue weighted by atomic mass is 35.5. The topological polar surface area (TPSA) is 21.3 Å². The largest absolute Gasteiger partial charge is 0.380 e. The van der Waals surface area contributed by atoms with Gasteiger partial charge in [0, 0.05) is 11.6 Å². The number of rotatable bonds is 6. The lowest BCUT2D eigenvalue weighted by molar-refractivity contribution is 0.123. The number of nitrogens with one attached hydrogen (secondary N) is 1. The van der Waals surface area contributed by atoms with Gasteiger partial charge < -0.3 is 10.1 Å². The number of benzene rings is 1. The minimum absolute atomic E-state index is 0.179. The molecule has 1 atom stereocenters. The summed E-state index contributed by atoms with van der Waals surface area (Å²) in [7, 11) is 0. The molecule has 0 saturated heterocycles. The van der Waals surface area contributed by atoms with E-state index in [1.165, 1.54) is 5.56 Å². The van der Waals surface area contributed by atoms with Crippen molar-refractivity contribution in [1.29, 1.82) is 0 Å². The molecule has 1 N–H and O–H groups in total. The quantitative estimate of drug-likeness (QED) is 0.825. The summed E-state index contributed by atoms with van der Waals surface area (Å²) in [6.45, 7) is 8.42. The molecule has 90 valence electrons. The smallest absolute Gasteiger partial charge is 0.0661 e. The predicted octanol–water partition coefficient (Wildman–Crippen LogP) is 3.34. The molecule has 0 spiro atoms. The van der Waals surface area contributed by atoms with E-state index < -0.39 is 0 Å². The summed E-state index contributed by atoms with van der Waals surface area (Å²) in [6, 6.07) is 6.33. The molecule has 0 bridgehead atoms. The molecule has 0 aliphatic heterocycles. The number of halogens is 1. The molecule has 1 unspecified atom stereocenters. The molecule has 0 radical (unpaired) electrons. The third kappa shape index (κ3) is 3.78. The fourth-order valence-corrected chi connectivity index (χ4v) is 2.02. The van der Waals surface area contributed by atoms with Gasteiger partial charge in [0.1, 0.15) is 0 Å². The SMILES string of the molecule is CCNC(COCC)c1ccc(C)cc1Cl. The summed E-state index contributed by atoms with van der Waals surface area (Å²) in [5, 5.41) is 4.20. The molecule has 0 aromatic heterocycles. The molecule has 0 aliphatic carbocycles. The van der Waals surface area contributed by atoms with Crippen LogP contribution in [0.1, 0.15) is 31.0 Å². The van der Waals surface area contributed by atoms with Crippen molar-refractivity contribution in [1.82, 2.24) is 5.32 Å². The van der Waals surface area contributed by atoms with Crippen molar-refractivity contribution in [3.8, 4) is 0 Å². The zero-order valence-electron chi connectivity index (χ0n) is 10.2. The van der Waals surface area contributed by atoms with Gasteiger partial charge in [-0.15, -0.1) is 0 Å². The molecule has 0 aliphatic rings. The Morgan fingerprint density at radius 2 is 2.12 bits per heavy atom. The van der Waals surface area contributed by atoms with Gasteiger partial charge in [-0.05, 0) is 37.6 Å². The maximum Gasteiger partial charge on any atom is 0.0661 e. The van der Waals surface area contributed by atoms with E-state index in [-0.39, 0.29) is 6.04 Å². The fourth-order valence-electron chi connectivity index (χ4n) is 1.66. The Hall–Kier alpha value is -0.570. The summed E-state index contributed by atoms with van der Waals surface area (Å²) in [6.07, 6.45) is 0. The minimum Gasteiger partial charge on any atom is -0.380 e. The highest BCUT2D eigenvalue weighted by Gasteiger charge is 2.13. The average molecular weight is 242 g/mol. The number of ether oxygens (including phenoxy) is 1. The van der Waals surface area contributed by atoms with Crippen LogP contribution in [0.25, 0.3) is 0 Å². The molecule has 0 amide bonds. The van der Waals surface area contributed by atoms with E-state index in [0.29, 0.717) is 6.61 Å². The van der Waals surface area contributed by atoms with Gasteiger partial charge in [0.2, 0.25) is 0 Å². The predicted molar refractivity (Wildman–Crippen MR) is 69.1 cm³/mol. The lowest BCUT2D eigenvalue weighted by atomic mass is 10.1. The summed E-state index contributed by atoms with van der Waals surface area (Å²) in [4.78, 5) is 0. The van der Waals surface area contributed by atoms with Crippen LogP contribution in [0.15, 0.2) is 18.2 Å². The second kappa shape index (κ2) is 6.89. The molecule has 1 aromatic carbocycles. The minimum atomic E-state index is 0.179. The van der Waals surface area contributed by atoms with E-state index in [2.05, 4.69) is 24.4 Å². The van der Waals surface area contributed by atoms with Crippen LogP contribution in [0.5, 0.6) is 0 Å². The van der Waals surface area contributed by atoms with Gasteiger partial charge in [-0.2, -0.15) is 0 Å². The second-order valence-corrected chi connectivity index (χ2v) is 4.20. The summed E-state index contributed by atoms with van der Waals surface area (Å²) in [5.74, 6) is 0. The van der Waals surface area contributed by atoms with Crippen LogP contribution in [0.4, 0.5) is 0 Å². The Morgan fingerprint density at radius 3 is 2.69 bits per heavy atom. The van der Waals surface area contributed by atoms with Gasteiger partial charge in [-0.3, -0.25) is 0 Å². The highest BCUT2D eigenvalue weighted by molar-refractivity contribution is 6.31. The number of likely N-dealkylation sites (N-methyl/N-ethyl adjacent to an activating group) is 1. The van der Waals surface area contributed by atoms with Crippen molar-refractivity contribution in [3.63, 3.8) is 0 Å². The molecular formula is C13H20ClNO. The van der Waals surface area contributed by atoms with Crippen molar-refractivity contribution in [2.24, 2.45) is 0 Å². The first kappa shape index (κ1) is 13.5. The molecule has 16 heavy (non-hydrogen) atoms. The van der Waals surface area contributed by atoms with Gasteiger partial charge in [-0.1, -0.05) is 30.7 Å². The maximum absolute atomic E-state index is 6.24. The standard InChI is InChI=1S/C13H20ClNO/c1-4-15-13(9-16-5-2)11-7-6-10(3)8-12(11)14/h6-8,13,15H,4-5,9H2,1-3H3. The normalized spacial score (nSPS) is 12.8. The van der Waals surface area contributed by atoms with Gasteiger partial charge >= 0.3 is 0 Å². The van der Waals surface area contributed by atoms with Crippen molar-refractivity contribution in [3.05, 3.63) is 34.3 Å². The fraction of sp³-hybridized carbons (Fsp3) is 0.538. The van der Waals surface area contributed by atoms with Crippen LogP contribution in [0.2, 0.25) is 5.02 Å². The van der Waals surface area contributed by atoms with Crippen molar-refractivity contribution in [2.75, 3.05) is 19.8 Å². The van der Waals surface area contributed by atoms with Crippen LogP contribution < -0.4 is 5.32 Å². The molecule has 1 rings (SSSR count). The number of hydrogen-bond acceptors (Lipinski definition) is 2. The molecule has 0 fully saturated rings. The van der Waals surface area contributed by atoms with Crippen LogP contribution in [0, 0.1) is 6.92 Å². The van der Waals surface area contributed by atoms with Crippen LogP contribution in [-0.2, 0) is 4.74 Å². The van der Waals surface area contributed by atoms with Crippen LogP contribution >= 0.6 is 11.6 Å². The lowest BCUT2D eigenvalue weighted by Crippen LogP contribution is -2.25. The third-order valence-electron chi connectivity index (χ3n) is 2.47. The first-order valence-electron chi connectivity index (χ1n) is 5.76. The first-order chi connectivity index (χ1) is 7.69. The third-order valence-corrected chi connectivity index (χ3v) is 2.80. The summed E-state index contributed by atoms with van der Waals surface area (Å²) in [5.41, 5.74) is 2.29. The van der Waals surface area contributed by atoms with Gasteiger partial charge in [0.05, 0.1) is 12.6 Å². The molecule has 0 saturated carbocycles. The molecule has 2 nitrogen and oxygen atoms in total. The molecular weight excluding hydrogens is 222 g/mol. The van der Waals surface area contributed by atoms with E-state index in [4.69, 9.17) is 16.3 Å². The zero-order chi connectivity index (χ0) is 12.0. The monoisotopic (exact) mass is 241 g/mol. The number of aryl methyl sites for hydroxylation is 1.